The van der Waals surface area contributed by atoms with Crippen LogP contribution in [0.25, 0.3) is 0 Å². The van der Waals surface area contributed by atoms with Crippen LogP contribution >= 0.6 is 0 Å². The average Bonchev–Trinajstić information content (AvgIpc) is 2.71. The second kappa shape index (κ2) is 8.76. The molecule has 0 saturated carbocycles. The number of anilines is 1. The van der Waals surface area contributed by atoms with Gasteiger partial charge >= 0.3 is 0 Å². The first-order valence-corrected chi connectivity index (χ1v) is 8.60. The lowest BCUT2D eigenvalue weighted by Gasteiger charge is -2.17. The van der Waals surface area contributed by atoms with Gasteiger partial charge in [-0.1, -0.05) is 30.3 Å². The summed E-state index contributed by atoms with van der Waals surface area (Å²) < 4.78 is 0. The highest BCUT2D eigenvalue weighted by molar-refractivity contribution is 5.94. The maximum Gasteiger partial charge on any atom is 0.253 e. The second-order valence-electron chi connectivity index (χ2n) is 6.10. The topological polar surface area (TPSA) is 58.1 Å². The van der Waals surface area contributed by atoms with Crippen LogP contribution in [0.1, 0.15) is 21.5 Å². The normalized spacial score (nSPS) is 10.3. The highest BCUT2D eigenvalue weighted by Crippen LogP contribution is 2.11. The van der Waals surface area contributed by atoms with Gasteiger partial charge in [0.1, 0.15) is 5.82 Å². The largest absolute Gasteiger partial charge is 0.366 e. The van der Waals surface area contributed by atoms with E-state index in [2.05, 4.69) is 27.4 Å². The van der Waals surface area contributed by atoms with Crippen molar-refractivity contribution in [3.63, 3.8) is 0 Å². The van der Waals surface area contributed by atoms with Crippen LogP contribution in [0, 0.1) is 0 Å². The van der Waals surface area contributed by atoms with Gasteiger partial charge in [0.2, 0.25) is 0 Å². The van der Waals surface area contributed by atoms with E-state index in [0.29, 0.717) is 24.5 Å². The van der Waals surface area contributed by atoms with E-state index in [9.17, 15) is 4.79 Å². The summed E-state index contributed by atoms with van der Waals surface area (Å²) in [6, 6.07) is 17.6. The summed E-state index contributed by atoms with van der Waals surface area (Å²) in [5, 5.41) is 3.26. The molecule has 0 bridgehead atoms. The molecule has 0 fully saturated rings. The third kappa shape index (κ3) is 4.89. The van der Waals surface area contributed by atoms with Gasteiger partial charge in [0.05, 0.1) is 0 Å². The Hall–Kier alpha value is -3.21. The lowest BCUT2D eigenvalue weighted by atomic mass is 10.1. The third-order valence-corrected chi connectivity index (χ3v) is 4.16. The Morgan fingerprint density at radius 1 is 1.00 bits per heavy atom. The van der Waals surface area contributed by atoms with Gasteiger partial charge < -0.3 is 10.2 Å². The van der Waals surface area contributed by atoms with Gasteiger partial charge in [-0.25, -0.2) is 4.98 Å². The number of rotatable bonds is 7. The molecule has 2 aromatic heterocycles. The fourth-order valence-electron chi connectivity index (χ4n) is 2.62. The highest BCUT2D eigenvalue weighted by Gasteiger charge is 2.12. The van der Waals surface area contributed by atoms with Crippen LogP contribution in [0.5, 0.6) is 0 Å². The molecule has 0 aliphatic rings. The van der Waals surface area contributed by atoms with E-state index in [1.807, 2.05) is 37.4 Å². The zero-order chi connectivity index (χ0) is 18.2. The first-order chi connectivity index (χ1) is 12.7. The van der Waals surface area contributed by atoms with Crippen molar-refractivity contribution >= 4 is 11.7 Å². The number of carbonyl (C=O) groups is 1. The van der Waals surface area contributed by atoms with Crippen molar-refractivity contribution in [1.29, 1.82) is 0 Å². The lowest BCUT2D eigenvalue weighted by molar-refractivity contribution is 0.0796. The molecule has 3 aromatic rings. The molecule has 1 N–H and O–H groups in total. The zero-order valence-electron chi connectivity index (χ0n) is 14.8. The minimum absolute atomic E-state index is 0.00998. The number of amides is 1. The van der Waals surface area contributed by atoms with Gasteiger partial charge in [0, 0.05) is 44.3 Å². The van der Waals surface area contributed by atoms with Gasteiger partial charge in [-0.2, -0.15) is 0 Å². The summed E-state index contributed by atoms with van der Waals surface area (Å²) in [5.41, 5.74) is 2.97. The van der Waals surface area contributed by atoms with Crippen molar-refractivity contribution in [3.8, 4) is 0 Å². The standard InChI is InChI=1S/C21H22N4O/c1-25(14-10-17-7-11-22-12-8-17)21(26)19-9-13-23-20(15-19)24-16-18-5-3-2-4-6-18/h2-9,11-13,15H,10,14,16H2,1H3,(H,23,24). The fourth-order valence-corrected chi connectivity index (χ4v) is 2.62. The van der Waals surface area contributed by atoms with E-state index in [-0.39, 0.29) is 5.91 Å². The minimum atomic E-state index is -0.00998. The predicted molar refractivity (Wildman–Crippen MR) is 103 cm³/mol. The summed E-state index contributed by atoms with van der Waals surface area (Å²) in [6.45, 7) is 1.32. The molecular weight excluding hydrogens is 324 g/mol. The number of pyridine rings is 2. The smallest absolute Gasteiger partial charge is 0.253 e. The number of hydrogen-bond acceptors (Lipinski definition) is 4. The summed E-state index contributed by atoms with van der Waals surface area (Å²) in [6.07, 6.45) is 6.00. The van der Waals surface area contributed by atoms with Crippen LogP contribution in [-0.4, -0.2) is 34.4 Å². The minimum Gasteiger partial charge on any atom is -0.366 e. The Balaban J connectivity index is 1.58. The molecule has 5 nitrogen and oxygen atoms in total. The molecule has 5 heteroatoms. The molecule has 0 saturated heterocycles. The molecule has 132 valence electrons. The summed E-state index contributed by atoms with van der Waals surface area (Å²) in [4.78, 5) is 22.7. The summed E-state index contributed by atoms with van der Waals surface area (Å²) in [5.74, 6) is 0.687. The van der Waals surface area contributed by atoms with E-state index in [1.165, 1.54) is 11.1 Å². The summed E-state index contributed by atoms with van der Waals surface area (Å²) >= 11 is 0. The molecule has 0 unspecified atom stereocenters. The van der Waals surface area contributed by atoms with Crippen LogP contribution in [-0.2, 0) is 13.0 Å². The van der Waals surface area contributed by atoms with Crippen molar-refractivity contribution in [3.05, 3.63) is 89.9 Å². The molecule has 1 aromatic carbocycles. The molecule has 1 amide bonds. The third-order valence-electron chi connectivity index (χ3n) is 4.16. The van der Waals surface area contributed by atoms with Gasteiger partial charge in [-0.05, 0) is 41.8 Å². The maximum atomic E-state index is 12.7. The fraction of sp³-hybridized carbons (Fsp3) is 0.190. The number of nitrogens with zero attached hydrogens (tertiary/aromatic N) is 3. The number of hydrogen-bond donors (Lipinski definition) is 1. The van der Waals surface area contributed by atoms with Gasteiger partial charge in [0.15, 0.2) is 0 Å². The quantitative estimate of drug-likeness (QED) is 0.712. The van der Waals surface area contributed by atoms with Crippen molar-refractivity contribution in [2.75, 3.05) is 18.9 Å². The molecule has 2 heterocycles. The first-order valence-electron chi connectivity index (χ1n) is 8.60. The van der Waals surface area contributed by atoms with E-state index < -0.39 is 0 Å². The van der Waals surface area contributed by atoms with Crippen molar-refractivity contribution in [2.45, 2.75) is 13.0 Å². The van der Waals surface area contributed by atoms with Crippen LogP contribution in [0.3, 0.4) is 0 Å². The maximum absolute atomic E-state index is 12.7. The molecule has 0 radical (unpaired) electrons. The number of aromatic nitrogens is 2. The average molecular weight is 346 g/mol. The molecular formula is C21H22N4O. The Morgan fingerprint density at radius 3 is 2.54 bits per heavy atom. The Kier molecular flexibility index (Phi) is 5.93. The van der Waals surface area contributed by atoms with Crippen LogP contribution in [0.2, 0.25) is 0 Å². The Bertz CT molecular complexity index is 837. The van der Waals surface area contributed by atoms with Crippen molar-refractivity contribution in [2.24, 2.45) is 0 Å². The molecule has 0 atom stereocenters. The van der Waals surface area contributed by atoms with E-state index in [1.54, 1.807) is 35.6 Å². The highest BCUT2D eigenvalue weighted by atomic mass is 16.2. The number of benzene rings is 1. The van der Waals surface area contributed by atoms with Crippen molar-refractivity contribution in [1.82, 2.24) is 14.9 Å². The van der Waals surface area contributed by atoms with Gasteiger partial charge in [0.25, 0.3) is 5.91 Å². The monoisotopic (exact) mass is 346 g/mol. The molecule has 3 rings (SSSR count). The summed E-state index contributed by atoms with van der Waals surface area (Å²) in [7, 11) is 1.82. The SMILES string of the molecule is CN(CCc1ccncc1)C(=O)c1ccnc(NCc2ccccc2)c1. The number of likely N-dealkylation sites (N-methyl/N-ethyl adjacent to an activating group) is 1. The van der Waals surface area contributed by atoms with Crippen LogP contribution < -0.4 is 5.32 Å². The Morgan fingerprint density at radius 2 is 1.77 bits per heavy atom. The van der Waals surface area contributed by atoms with Crippen molar-refractivity contribution < 1.29 is 4.79 Å². The van der Waals surface area contributed by atoms with E-state index >= 15 is 0 Å². The first kappa shape index (κ1) is 17.6. The van der Waals surface area contributed by atoms with E-state index in [0.717, 1.165) is 6.42 Å². The zero-order valence-corrected chi connectivity index (χ0v) is 14.8. The second-order valence-corrected chi connectivity index (χ2v) is 6.10. The number of carbonyl (C=O) groups excluding carboxylic acids is 1. The molecule has 0 aliphatic carbocycles. The molecule has 26 heavy (non-hydrogen) atoms. The van der Waals surface area contributed by atoms with Crippen LogP contribution in [0.15, 0.2) is 73.2 Å². The van der Waals surface area contributed by atoms with Gasteiger partial charge in [-0.15, -0.1) is 0 Å². The van der Waals surface area contributed by atoms with Crippen LogP contribution in [0.4, 0.5) is 5.82 Å². The molecule has 0 aliphatic heterocycles. The molecule has 0 spiro atoms. The van der Waals surface area contributed by atoms with E-state index in [4.69, 9.17) is 0 Å². The lowest BCUT2D eigenvalue weighted by Crippen LogP contribution is -2.29. The predicted octanol–water partition coefficient (Wildman–Crippen LogP) is 3.40. The van der Waals surface area contributed by atoms with Gasteiger partial charge in [-0.3, -0.25) is 9.78 Å². The Labute approximate surface area is 153 Å². The number of nitrogens with one attached hydrogen (secondary N) is 1.